The van der Waals surface area contributed by atoms with Crippen LogP contribution in [0.4, 0.5) is 0 Å². The topological polar surface area (TPSA) is 9.23 Å². The van der Waals surface area contributed by atoms with Crippen molar-refractivity contribution in [3.63, 3.8) is 0 Å². The first kappa shape index (κ1) is 21.6. The van der Waals surface area contributed by atoms with Crippen molar-refractivity contribution < 1.29 is 4.74 Å². The second-order valence-electron chi connectivity index (χ2n) is 8.36. The molecular weight excluding hydrogens is 412 g/mol. The van der Waals surface area contributed by atoms with Crippen LogP contribution < -0.4 is 4.74 Å². The average molecular weight is 440 g/mol. The van der Waals surface area contributed by atoms with E-state index in [2.05, 4.69) is 140 Å². The molecule has 0 spiro atoms. The third-order valence-electron chi connectivity index (χ3n) is 6.18. The fourth-order valence-electron chi connectivity index (χ4n) is 4.63. The number of benzene rings is 5. The fraction of sp³-hybridized carbons (Fsp3) is 0.0606. The van der Waals surface area contributed by atoms with Gasteiger partial charge in [-0.3, -0.25) is 0 Å². The van der Waals surface area contributed by atoms with Crippen LogP contribution in [0.3, 0.4) is 0 Å². The lowest BCUT2D eigenvalue weighted by Crippen LogP contribution is -2.08. The smallest absolute Gasteiger partial charge is 0.144 e. The van der Waals surface area contributed by atoms with Crippen molar-refractivity contribution in [3.8, 4) is 5.75 Å². The van der Waals surface area contributed by atoms with E-state index in [0.29, 0.717) is 0 Å². The summed E-state index contributed by atoms with van der Waals surface area (Å²) in [5, 5.41) is 0. The third kappa shape index (κ3) is 4.60. The maximum Gasteiger partial charge on any atom is 0.144 e. The molecule has 164 valence electrons. The summed E-state index contributed by atoms with van der Waals surface area (Å²) in [5.41, 5.74) is 7.23. The number of methoxy groups -OCH3 is 1. The summed E-state index contributed by atoms with van der Waals surface area (Å²) in [6.45, 7) is 0. The van der Waals surface area contributed by atoms with Gasteiger partial charge in [0.05, 0.1) is 29.7 Å². The second-order valence-corrected chi connectivity index (χ2v) is 8.36. The van der Waals surface area contributed by atoms with Crippen LogP contribution in [0.5, 0.6) is 5.75 Å². The van der Waals surface area contributed by atoms with Crippen LogP contribution >= 0.6 is 0 Å². The molecule has 0 fully saturated rings. The van der Waals surface area contributed by atoms with Gasteiger partial charge in [-0.15, -0.1) is 0 Å². The van der Waals surface area contributed by atoms with Crippen molar-refractivity contribution in [3.05, 3.63) is 179 Å². The lowest BCUT2D eigenvalue weighted by atomic mass is 9.80. The van der Waals surface area contributed by atoms with Crippen LogP contribution in [-0.2, 0) is 0 Å². The molecule has 0 unspecified atom stereocenters. The predicted octanol–water partition coefficient (Wildman–Crippen LogP) is 7.89. The molecule has 0 amide bonds. The maximum absolute atomic E-state index is 5.83. The lowest BCUT2D eigenvalue weighted by molar-refractivity contribution is 0.414. The van der Waals surface area contributed by atoms with Crippen molar-refractivity contribution in [2.45, 2.75) is 5.92 Å². The van der Waals surface area contributed by atoms with Crippen molar-refractivity contribution >= 4 is 0 Å². The monoisotopic (exact) mass is 439 g/mol. The van der Waals surface area contributed by atoms with E-state index in [-0.39, 0.29) is 5.92 Å². The van der Waals surface area contributed by atoms with Gasteiger partial charge in [-0.25, -0.2) is 0 Å². The van der Waals surface area contributed by atoms with E-state index in [4.69, 9.17) is 4.74 Å². The van der Waals surface area contributed by atoms with Gasteiger partial charge in [0.2, 0.25) is 0 Å². The Morgan fingerprint density at radius 1 is 0.471 bits per heavy atom. The van der Waals surface area contributed by atoms with Gasteiger partial charge in [0.25, 0.3) is 0 Å². The highest BCUT2D eigenvalue weighted by Gasteiger charge is 2.26. The molecule has 0 saturated heterocycles. The summed E-state index contributed by atoms with van der Waals surface area (Å²) in [4.78, 5) is 0. The minimum absolute atomic E-state index is 0.101. The van der Waals surface area contributed by atoms with E-state index in [1.807, 2.05) is 0 Å². The Balaban J connectivity index is 1.71. The van der Waals surface area contributed by atoms with E-state index < -0.39 is 0 Å². The quantitative estimate of drug-likeness (QED) is 0.185. The molecule has 1 nitrogen and oxygen atoms in total. The standard InChI is InChI=1S/C33H27O/c1-34-31-23-29(32(25-14-6-2-7-15-25)26-16-8-3-9-17-26)22-30(24-31)33(27-18-10-4-11-19-27)28-20-12-5-13-21-28/h2-24,32H,1H3/q+1. The molecule has 0 bridgehead atoms. The summed E-state index contributed by atoms with van der Waals surface area (Å²) in [5.74, 6) is 2.15. The summed E-state index contributed by atoms with van der Waals surface area (Å²) in [7, 11) is 1.74. The highest BCUT2D eigenvalue weighted by Crippen LogP contribution is 2.38. The SMILES string of the molecule is COc1cc([C+](c2ccccc2)c2ccccc2)cc(C(c2ccccc2)c2ccccc2)c1. The number of rotatable bonds is 7. The van der Waals surface area contributed by atoms with E-state index in [1.54, 1.807) is 7.11 Å². The number of hydrogen-bond acceptors (Lipinski definition) is 1. The Morgan fingerprint density at radius 2 is 0.912 bits per heavy atom. The fourth-order valence-corrected chi connectivity index (χ4v) is 4.63. The van der Waals surface area contributed by atoms with Gasteiger partial charge in [0, 0.05) is 12.0 Å². The van der Waals surface area contributed by atoms with Gasteiger partial charge in [0.1, 0.15) is 5.75 Å². The summed E-state index contributed by atoms with van der Waals surface area (Å²) in [6.07, 6.45) is 0. The molecule has 0 aromatic heterocycles. The molecule has 34 heavy (non-hydrogen) atoms. The van der Waals surface area contributed by atoms with E-state index >= 15 is 0 Å². The predicted molar refractivity (Wildman–Crippen MR) is 140 cm³/mol. The molecule has 0 saturated carbocycles. The molecule has 0 atom stereocenters. The largest absolute Gasteiger partial charge is 0.491 e. The minimum atomic E-state index is 0.101. The summed E-state index contributed by atoms with van der Waals surface area (Å²) < 4.78 is 5.83. The lowest BCUT2D eigenvalue weighted by Gasteiger charge is -2.21. The van der Waals surface area contributed by atoms with Crippen LogP contribution in [0.1, 0.15) is 39.3 Å². The molecular formula is C33H27O+. The van der Waals surface area contributed by atoms with Gasteiger partial charge < -0.3 is 4.74 Å². The molecule has 0 N–H and O–H groups in total. The third-order valence-corrected chi connectivity index (χ3v) is 6.18. The zero-order valence-corrected chi connectivity index (χ0v) is 19.3. The Bertz CT molecular complexity index is 1130. The maximum atomic E-state index is 5.83. The highest BCUT2D eigenvalue weighted by atomic mass is 16.5. The molecule has 5 rings (SSSR count). The number of ether oxygens (including phenoxy) is 1. The van der Waals surface area contributed by atoms with Crippen molar-refractivity contribution in [1.82, 2.24) is 0 Å². The Hall–Kier alpha value is -4.23. The molecule has 5 aromatic rings. The van der Waals surface area contributed by atoms with Crippen molar-refractivity contribution in [2.75, 3.05) is 7.11 Å². The van der Waals surface area contributed by atoms with Crippen LogP contribution in [-0.4, -0.2) is 7.11 Å². The van der Waals surface area contributed by atoms with Crippen molar-refractivity contribution in [2.24, 2.45) is 0 Å². The molecule has 5 aromatic carbocycles. The summed E-state index contributed by atoms with van der Waals surface area (Å²) in [6, 6.07) is 49.2. The second kappa shape index (κ2) is 10.1. The molecule has 0 aliphatic carbocycles. The van der Waals surface area contributed by atoms with Crippen LogP contribution in [0.2, 0.25) is 0 Å². The van der Waals surface area contributed by atoms with Gasteiger partial charge in [-0.1, -0.05) is 72.8 Å². The van der Waals surface area contributed by atoms with Gasteiger partial charge in [-0.05, 0) is 77.4 Å². The average Bonchev–Trinajstić information content (AvgIpc) is 2.91. The zero-order chi connectivity index (χ0) is 23.2. The van der Waals surface area contributed by atoms with Crippen LogP contribution in [0, 0.1) is 5.92 Å². The molecule has 0 aliphatic heterocycles. The van der Waals surface area contributed by atoms with Crippen molar-refractivity contribution in [1.29, 1.82) is 0 Å². The zero-order valence-electron chi connectivity index (χ0n) is 19.3. The Labute approximate surface area is 202 Å². The first-order chi connectivity index (χ1) is 16.8. The first-order valence-corrected chi connectivity index (χ1v) is 11.6. The minimum Gasteiger partial charge on any atom is -0.491 e. The molecule has 0 heterocycles. The Morgan fingerprint density at radius 3 is 1.35 bits per heavy atom. The van der Waals surface area contributed by atoms with Crippen LogP contribution in [0.15, 0.2) is 140 Å². The number of hydrogen-bond donors (Lipinski definition) is 0. The van der Waals surface area contributed by atoms with Gasteiger partial charge in [0.15, 0.2) is 0 Å². The molecule has 0 aliphatic rings. The van der Waals surface area contributed by atoms with E-state index in [1.165, 1.54) is 33.7 Å². The normalized spacial score (nSPS) is 10.8. The van der Waals surface area contributed by atoms with Gasteiger partial charge in [-0.2, -0.15) is 0 Å². The summed E-state index contributed by atoms with van der Waals surface area (Å²) >= 11 is 0. The molecule has 0 radical (unpaired) electrons. The highest BCUT2D eigenvalue weighted by molar-refractivity contribution is 5.60. The van der Waals surface area contributed by atoms with E-state index in [9.17, 15) is 0 Å². The van der Waals surface area contributed by atoms with Gasteiger partial charge >= 0.3 is 0 Å². The first-order valence-electron chi connectivity index (χ1n) is 11.6. The molecule has 1 heteroatoms. The van der Waals surface area contributed by atoms with E-state index in [0.717, 1.165) is 11.3 Å². The van der Waals surface area contributed by atoms with Crippen LogP contribution in [0.25, 0.3) is 0 Å². The Kier molecular flexibility index (Phi) is 6.45.